The van der Waals surface area contributed by atoms with Gasteiger partial charge in [0.1, 0.15) is 11.3 Å². The van der Waals surface area contributed by atoms with Crippen molar-refractivity contribution in [3.8, 4) is 17.3 Å². The third kappa shape index (κ3) is 3.52. The zero-order valence-electron chi connectivity index (χ0n) is 16.8. The minimum Gasteiger partial charge on any atom is -0.491 e. The van der Waals surface area contributed by atoms with Gasteiger partial charge in [0.05, 0.1) is 31.1 Å². The van der Waals surface area contributed by atoms with Gasteiger partial charge in [-0.2, -0.15) is 5.10 Å². The highest BCUT2D eigenvalue weighted by Gasteiger charge is 2.18. The summed E-state index contributed by atoms with van der Waals surface area (Å²) in [5.41, 5.74) is 2.42. The zero-order chi connectivity index (χ0) is 21.1. The zero-order valence-corrected chi connectivity index (χ0v) is 16.8. The van der Waals surface area contributed by atoms with Crippen molar-refractivity contribution in [3.05, 3.63) is 54.5 Å². The van der Waals surface area contributed by atoms with Crippen LogP contribution in [0, 0.1) is 0 Å². The van der Waals surface area contributed by atoms with E-state index in [0.717, 1.165) is 10.9 Å². The van der Waals surface area contributed by atoms with E-state index >= 15 is 0 Å². The maximum atomic E-state index is 12.3. The van der Waals surface area contributed by atoms with Gasteiger partial charge in [0, 0.05) is 24.8 Å². The number of rotatable bonds is 6. The predicted molar refractivity (Wildman–Crippen MR) is 112 cm³/mol. The number of methoxy groups -OCH3 is 1. The van der Waals surface area contributed by atoms with Gasteiger partial charge in [-0.25, -0.2) is 14.8 Å². The fourth-order valence-corrected chi connectivity index (χ4v) is 3.11. The molecule has 9 heteroatoms. The molecule has 1 N–H and O–H groups in total. The maximum absolute atomic E-state index is 12.3. The SMILES string of the molecule is CCOC(=O)c1cnccc1Nc1nc(-c2nn(C)c3ccccc23)ncc1OC. The molecule has 152 valence electrons. The maximum Gasteiger partial charge on any atom is 0.341 e. The van der Waals surface area contributed by atoms with Crippen molar-refractivity contribution < 1.29 is 14.3 Å². The lowest BCUT2D eigenvalue weighted by molar-refractivity contribution is 0.0527. The average molecular weight is 404 g/mol. The number of ether oxygens (including phenoxy) is 2. The normalized spacial score (nSPS) is 10.8. The van der Waals surface area contributed by atoms with Crippen molar-refractivity contribution in [2.24, 2.45) is 7.05 Å². The number of anilines is 2. The number of fused-ring (bicyclic) bond motifs is 1. The Bertz CT molecular complexity index is 1220. The number of nitrogens with zero attached hydrogens (tertiary/aromatic N) is 5. The van der Waals surface area contributed by atoms with E-state index in [1.54, 1.807) is 30.1 Å². The summed E-state index contributed by atoms with van der Waals surface area (Å²) in [6.07, 6.45) is 4.59. The molecule has 30 heavy (non-hydrogen) atoms. The molecule has 0 aliphatic heterocycles. The van der Waals surface area contributed by atoms with Crippen LogP contribution in [0.4, 0.5) is 11.5 Å². The number of nitrogens with one attached hydrogen (secondary N) is 1. The van der Waals surface area contributed by atoms with E-state index in [0.29, 0.717) is 34.3 Å². The van der Waals surface area contributed by atoms with Gasteiger partial charge in [0.15, 0.2) is 17.4 Å². The molecular formula is C21H20N6O3. The molecule has 0 aliphatic rings. The van der Waals surface area contributed by atoms with Crippen LogP contribution in [-0.4, -0.2) is 44.4 Å². The highest BCUT2D eigenvalue weighted by Crippen LogP contribution is 2.31. The summed E-state index contributed by atoms with van der Waals surface area (Å²) in [5.74, 6) is 0.776. The van der Waals surface area contributed by atoms with Crippen LogP contribution in [0.3, 0.4) is 0 Å². The summed E-state index contributed by atoms with van der Waals surface area (Å²) >= 11 is 0. The Hall–Kier alpha value is -4.01. The largest absolute Gasteiger partial charge is 0.491 e. The van der Waals surface area contributed by atoms with Crippen LogP contribution in [0.2, 0.25) is 0 Å². The monoisotopic (exact) mass is 404 g/mol. The summed E-state index contributed by atoms with van der Waals surface area (Å²) in [5, 5.41) is 8.65. The predicted octanol–water partition coefficient (Wildman–Crippen LogP) is 3.35. The van der Waals surface area contributed by atoms with Gasteiger partial charge >= 0.3 is 5.97 Å². The fraction of sp³-hybridized carbons (Fsp3) is 0.190. The lowest BCUT2D eigenvalue weighted by Crippen LogP contribution is -2.09. The van der Waals surface area contributed by atoms with E-state index in [-0.39, 0.29) is 6.61 Å². The van der Waals surface area contributed by atoms with Crippen molar-refractivity contribution >= 4 is 28.4 Å². The number of benzene rings is 1. The van der Waals surface area contributed by atoms with Crippen LogP contribution in [0.5, 0.6) is 5.75 Å². The quantitative estimate of drug-likeness (QED) is 0.488. The van der Waals surface area contributed by atoms with Gasteiger partial charge in [0.25, 0.3) is 0 Å². The van der Waals surface area contributed by atoms with Gasteiger partial charge < -0.3 is 14.8 Å². The molecule has 0 radical (unpaired) electrons. The van der Waals surface area contributed by atoms with Crippen LogP contribution < -0.4 is 10.1 Å². The number of hydrogen-bond donors (Lipinski definition) is 1. The number of carbonyl (C=O) groups is 1. The summed E-state index contributed by atoms with van der Waals surface area (Å²) in [6.45, 7) is 2.01. The van der Waals surface area contributed by atoms with E-state index in [1.807, 2.05) is 31.3 Å². The Morgan fingerprint density at radius 3 is 2.83 bits per heavy atom. The van der Waals surface area contributed by atoms with Gasteiger partial charge in [-0.15, -0.1) is 0 Å². The standard InChI is InChI=1S/C21H20N6O3/c1-4-30-21(28)14-11-22-10-9-15(14)24-19-17(29-3)12-23-20(25-19)18-13-7-5-6-8-16(13)27(2)26-18/h5-12H,4H2,1-3H3,(H,22,23,24,25). The van der Waals surface area contributed by atoms with Crippen molar-refractivity contribution in [1.29, 1.82) is 0 Å². The summed E-state index contributed by atoms with van der Waals surface area (Å²) < 4.78 is 12.3. The second-order valence-corrected chi connectivity index (χ2v) is 6.37. The first-order chi connectivity index (χ1) is 14.6. The molecule has 0 aliphatic carbocycles. The Kier molecular flexibility index (Phi) is 5.25. The third-order valence-corrected chi connectivity index (χ3v) is 4.51. The Balaban J connectivity index is 1.78. The summed E-state index contributed by atoms with van der Waals surface area (Å²) in [4.78, 5) is 25.3. The van der Waals surface area contributed by atoms with E-state index in [2.05, 4.69) is 25.4 Å². The molecule has 0 atom stereocenters. The molecule has 0 amide bonds. The Morgan fingerprint density at radius 2 is 2.03 bits per heavy atom. The van der Waals surface area contributed by atoms with Crippen molar-refractivity contribution in [3.63, 3.8) is 0 Å². The first-order valence-electron chi connectivity index (χ1n) is 9.33. The number of hydrogen-bond acceptors (Lipinski definition) is 8. The van der Waals surface area contributed by atoms with E-state index in [9.17, 15) is 4.79 Å². The third-order valence-electron chi connectivity index (χ3n) is 4.51. The Labute approximate surface area is 172 Å². The van der Waals surface area contributed by atoms with Gasteiger partial charge in [-0.1, -0.05) is 18.2 Å². The fourth-order valence-electron chi connectivity index (χ4n) is 3.11. The molecule has 0 saturated carbocycles. The molecule has 0 bridgehead atoms. The molecule has 0 spiro atoms. The second kappa shape index (κ2) is 8.16. The minimum atomic E-state index is -0.475. The minimum absolute atomic E-state index is 0.265. The molecule has 0 unspecified atom stereocenters. The molecule has 9 nitrogen and oxygen atoms in total. The van der Waals surface area contributed by atoms with Crippen molar-refractivity contribution in [2.45, 2.75) is 6.92 Å². The van der Waals surface area contributed by atoms with Crippen LogP contribution in [-0.2, 0) is 11.8 Å². The van der Waals surface area contributed by atoms with Gasteiger partial charge in [-0.3, -0.25) is 9.67 Å². The molecule has 4 rings (SSSR count). The number of para-hydroxylation sites is 1. The van der Waals surface area contributed by atoms with Crippen molar-refractivity contribution in [2.75, 3.05) is 19.0 Å². The Morgan fingerprint density at radius 1 is 1.20 bits per heavy atom. The molecule has 0 fully saturated rings. The van der Waals surface area contributed by atoms with Crippen LogP contribution in [0.15, 0.2) is 48.9 Å². The highest BCUT2D eigenvalue weighted by atomic mass is 16.5. The number of carbonyl (C=O) groups excluding carboxylic acids is 1. The summed E-state index contributed by atoms with van der Waals surface area (Å²) in [6, 6.07) is 9.52. The smallest absolute Gasteiger partial charge is 0.341 e. The van der Waals surface area contributed by atoms with E-state index < -0.39 is 5.97 Å². The van der Waals surface area contributed by atoms with Crippen LogP contribution >= 0.6 is 0 Å². The molecule has 1 aromatic carbocycles. The summed E-state index contributed by atoms with van der Waals surface area (Å²) in [7, 11) is 3.40. The first-order valence-corrected chi connectivity index (χ1v) is 9.33. The van der Waals surface area contributed by atoms with Gasteiger partial charge in [0.2, 0.25) is 0 Å². The van der Waals surface area contributed by atoms with Gasteiger partial charge in [-0.05, 0) is 19.1 Å². The lowest BCUT2D eigenvalue weighted by Gasteiger charge is -2.13. The molecule has 0 saturated heterocycles. The van der Waals surface area contributed by atoms with Crippen molar-refractivity contribution in [1.82, 2.24) is 24.7 Å². The van der Waals surface area contributed by atoms with Crippen LogP contribution in [0.25, 0.3) is 22.4 Å². The average Bonchev–Trinajstić information content (AvgIpc) is 3.11. The van der Waals surface area contributed by atoms with Crippen LogP contribution in [0.1, 0.15) is 17.3 Å². The first kappa shape index (κ1) is 19.3. The topological polar surface area (TPSA) is 104 Å². The molecule has 3 aromatic heterocycles. The molecule has 3 heterocycles. The molecular weight excluding hydrogens is 384 g/mol. The highest BCUT2D eigenvalue weighted by molar-refractivity contribution is 5.96. The molecule has 4 aromatic rings. The number of esters is 1. The number of aryl methyl sites for hydroxylation is 1. The van der Waals surface area contributed by atoms with E-state index in [4.69, 9.17) is 9.47 Å². The number of pyridine rings is 1. The van der Waals surface area contributed by atoms with E-state index in [1.165, 1.54) is 13.3 Å². The lowest BCUT2D eigenvalue weighted by atomic mass is 10.2. The second-order valence-electron chi connectivity index (χ2n) is 6.37. The number of aromatic nitrogens is 5.